The smallest absolute Gasteiger partial charge is 0.311 e. The number of halogens is 3. The maximum atomic E-state index is 12.1. The minimum Gasteiger partial charge on any atom is -0.466 e. The summed E-state index contributed by atoms with van der Waals surface area (Å²) in [6, 6.07) is -0.325. The average Bonchev–Trinajstić information content (AvgIpc) is 2.71. The summed E-state index contributed by atoms with van der Waals surface area (Å²) < 4.78 is 3.10. The Balaban J connectivity index is 2.78. The average molecular weight is 345 g/mol. The van der Waals surface area contributed by atoms with E-state index in [1.54, 1.807) is 6.92 Å². The van der Waals surface area contributed by atoms with Gasteiger partial charge in [0.05, 0.1) is 12.5 Å². The highest BCUT2D eigenvalue weighted by atomic mass is 35.6. The van der Waals surface area contributed by atoms with E-state index in [4.69, 9.17) is 39.5 Å². The van der Waals surface area contributed by atoms with Crippen LogP contribution in [0.25, 0.3) is 0 Å². The molecule has 3 atom stereocenters. The fraction of sp³-hybridized carbons (Fsp3) is 0.846. The molecule has 0 aromatic carbocycles. The summed E-state index contributed by atoms with van der Waals surface area (Å²) in [5.41, 5.74) is 0. The van der Waals surface area contributed by atoms with E-state index in [0.717, 1.165) is 19.3 Å². The third-order valence-corrected chi connectivity index (χ3v) is 4.10. The number of esters is 1. The van der Waals surface area contributed by atoms with Crippen LogP contribution in [0.1, 0.15) is 39.5 Å². The molecule has 1 amide bonds. The first kappa shape index (κ1) is 17.9. The van der Waals surface area contributed by atoms with E-state index < -0.39 is 9.70 Å². The highest BCUT2D eigenvalue weighted by Crippen LogP contribution is 2.37. The van der Waals surface area contributed by atoms with Gasteiger partial charge in [0.15, 0.2) is 0 Å². The molecular weight excluding hydrogens is 325 g/mol. The number of hydrogen-bond donors (Lipinski definition) is 1. The number of alkyl halides is 3. The molecule has 1 rings (SSSR count). The number of nitrogens with one attached hydrogen (secondary N) is 1. The van der Waals surface area contributed by atoms with Crippen LogP contribution in [0, 0.1) is 11.8 Å². The Bertz CT molecular complexity index is 357. The van der Waals surface area contributed by atoms with Crippen LogP contribution in [-0.4, -0.2) is 28.3 Å². The molecule has 0 spiro atoms. The van der Waals surface area contributed by atoms with Crippen molar-refractivity contribution in [2.45, 2.75) is 49.4 Å². The van der Waals surface area contributed by atoms with E-state index in [1.807, 2.05) is 0 Å². The van der Waals surface area contributed by atoms with Crippen LogP contribution in [0.4, 0.5) is 0 Å². The van der Waals surface area contributed by atoms with Gasteiger partial charge in [-0.15, -0.1) is 0 Å². The molecule has 1 aliphatic carbocycles. The molecule has 0 saturated heterocycles. The van der Waals surface area contributed by atoms with Gasteiger partial charge in [-0.3, -0.25) is 9.59 Å². The Labute approximate surface area is 134 Å². The molecule has 0 bridgehead atoms. The zero-order chi connectivity index (χ0) is 15.3. The van der Waals surface area contributed by atoms with Gasteiger partial charge in [0, 0.05) is 6.04 Å². The maximum Gasteiger partial charge on any atom is 0.311 e. The van der Waals surface area contributed by atoms with Crippen LogP contribution in [0.5, 0.6) is 0 Å². The lowest BCUT2D eigenvalue weighted by molar-refractivity contribution is -0.150. The third kappa shape index (κ3) is 4.68. The van der Waals surface area contributed by atoms with Gasteiger partial charge in [-0.1, -0.05) is 48.1 Å². The van der Waals surface area contributed by atoms with Crippen LogP contribution in [0.3, 0.4) is 0 Å². The summed E-state index contributed by atoms with van der Waals surface area (Å²) in [4.78, 5) is 23.9. The van der Waals surface area contributed by atoms with E-state index in [1.165, 1.54) is 0 Å². The minimum absolute atomic E-state index is 0.208. The molecule has 0 aromatic heterocycles. The Hall–Kier alpha value is -0.190. The van der Waals surface area contributed by atoms with Crippen molar-refractivity contribution in [3.8, 4) is 0 Å². The molecule has 1 fully saturated rings. The van der Waals surface area contributed by atoms with Crippen molar-refractivity contribution in [2.75, 3.05) is 6.61 Å². The second-order valence-electron chi connectivity index (χ2n) is 4.98. The van der Waals surface area contributed by atoms with Crippen molar-refractivity contribution in [3.63, 3.8) is 0 Å². The third-order valence-electron chi connectivity index (χ3n) is 3.58. The second kappa shape index (κ2) is 7.71. The number of rotatable bonds is 5. The number of hydrogen-bond acceptors (Lipinski definition) is 3. The summed E-state index contributed by atoms with van der Waals surface area (Å²) in [5, 5.41) is 2.66. The number of ether oxygens (including phenoxy) is 1. The normalized spacial score (nSPS) is 26.4. The lowest BCUT2D eigenvalue weighted by Crippen LogP contribution is -2.46. The quantitative estimate of drug-likeness (QED) is 0.615. The molecule has 0 aromatic rings. The zero-order valence-electron chi connectivity index (χ0n) is 11.6. The summed E-state index contributed by atoms with van der Waals surface area (Å²) in [6.07, 6.45) is 3.46. The van der Waals surface area contributed by atoms with E-state index in [-0.39, 0.29) is 23.8 Å². The van der Waals surface area contributed by atoms with Gasteiger partial charge in [-0.05, 0) is 32.1 Å². The second-order valence-corrected chi connectivity index (χ2v) is 7.26. The summed E-state index contributed by atoms with van der Waals surface area (Å²) in [5.74, 6) is -1.12. The molecule has 20 heavy (non-hydrogen) atoms. The fourth-order valence-corrected chi connectivity index (χ4v) is 2.95. The molecule has 0 heterocycles. The molecule has 7 heteroatoms. The minimum atomic E-state index is -2.01. The molecule has 0 unspecified atom stereocenters. The van der Waals surface area contributed by atoms with Crippen molar-refractivity contribution < 1.29 is 14.3 Å². The Morgan fingerprint density at radius 3 is 2.40 bits per heavy atom. The molecule has 0 aliphatic heterocycles. The van der Waals surface area contributed by atoms with Crippen LogP contribution in [-0.2, 0) is 14.3 Å². The SMILES string of the molecule is CCC[C@H]1CC[C@@H](NC(=O)C(Cl)(Cl)Cl)[C@@H]1C(=O)OCC. The largest absolute Gasteiger partial charge is 0.466 e. The Morgan fingerprint density at radius 1 is 1.25 bits per heavy atom. The van der Waals surface area contributed by atoms with Gasteiger partial charge in [-0.2, -0.15) is 0 Å². The van der Waals surface area contributed by atoms with Crippen molar-refractivity contribution in [1.29, 1.82) is 0 Å². The highest BCUT2D eigenvalue weighted by molar-refractivity contribution is 6.76. The lowest BCUT2D eigenvalue weighted by Gasteiger charge is -2.25. The summed E-state index contributed by atoms with van der Waals surface area (Å²) >= 11 is 16.7. The van der Waals surface area contributed by atoms with Gasteiger partial charge >= 0.3 is 5.97 Å². The molecule has 116 valence electrons. The van der Waals surface area contributed by atoms with E-state index >= 15 is 0 Å². The standard InChI is InChI=1S/C13H20Cl3NO3/c1-3-5-8-6-7-9(10(8)11(18)20-4-2)17-12(19)13(14,15)16/h8-10H,3-7H2,1-2H3,(H,17,19)/t8-,9+,10+/m0/s1. The summed E-state index contributed by atoms with van der Waals surface area (Å²) in [7, 11) is 0. The Morgan fingerprint density at radius 2 is 1.90 bits per heavy atom. The predicted octanol–water partition coefficient (Wildman–Crippen LogP) is 3.23. The van der Waals surface area contributed by atoms with Gasteiger partial charge in [0.2, 0.25) is 0 Å². The van der Waals surface area contributed by atoms with Gasteiger partial charge in [0.25, 0.3) is 9.70 Å². The topological polar surface area (TPSA) is 55.4 Å². The molecule has 4 nitrogen and oxygen atoms in total. The van der Waals surface area contributed by atoms with Crippen molar-refractivity contribution >= 4 is 46.7 Å². The Kier molecular flexibility index (Phi) is 6.89. The molecule has 1 aliphatic rings. The molecule has 1 saturated carbocycles. The lowest BCUT2D eigenvalue weighted by atomic mass is 9.90. The maximum absolute atomic E-state index is 12.1. The van der Waals surface area contributed by atoms with E-state index in [2.05, 4.69) is 12.2 Å². The molecule has 0 radical (unpaired) electrons. The van der Waals surface area contributed by atoms with Crippen molar-refractivity contribution in [3.05, 3.63) is 0 Å². The summed E-state index contributed by atoms with van der Waals surface area (Å²) in [6.45, 7) is 4.14. The molecular formula is C13H20Cl3NO3. The number of carbonyl (C=O) groups is 2. The van der Waals surface area contributed by atoms with Crippen molar-refractivity contribution in [1.82, 2.24) is 5.32 Å². The molecule has 1 N–H and O–H groups in total. The zero-order valence-corrected chi connectivity index (χ0v) is 13.9. The monoisotopic (exact) mass is 343 g/mol. The van der Waals surface area contributed by atoms with Gasteiger partial charge in [-0.25, -0.2) is 0 Å². The van der Waals surface area contributed by atoms with Crippen LogP contribution in [0.2, 0.25) is 0 Å². The van der Waals surface area contributed by atoms with Crippen LogP contribution >= 0.6 is 34.8 Å². The number of amides is 1. The first-order valence-electron chi connectivity index (χ1n) is 6.85. The van der Waals surface area contributed by atoms with E-state index in [0.29, 0.717) is 13.0 Å². The van der Waals surface area contributed by atoms with Gasteiger partial charge < -0.3 is 10.1 Å². The fourth-order valence-electron chi connectivity index (χ4n) is 2.78. The first-order valence-corrected chi connectivity index (χ1v) is 7.98. The van der Waals surface area contributed by atoms with Gasteiger partial charge in [0.1, 0.15) is 0 Å². The van der Waals surface area contributed by atoms with Crippen LogP contribution < -0.4 is 5.32 Å². The predicted molar refractivity (Wildman–Crippen MR) is 80.0 cm³/mol. The highest BCUT2D eigenvalue weighted by Gasteiger charge is 2.44. The first-order chi connectivity index (χ1) is 9.31. The number of carbonyl (C=O) groups excluding carboxylic acids is 2. The van der Waals surface area contributed by atoms with Crippen molar-refractivity contribution in [2.24, 2.45) is 11.8 Å². The van der Waals surface area contributed by atoms with Crippen LogP contribution in [0.15, 0.2) is 0 Å². The van der Waals surface area contributed by atoms with E-state index in [9.17, 15) is 9.59 Å².